The highest BCUT2D eigenvalue weighted by atomic mass is 32.2. The second kappa shape index (κ2) is 11.8. The second-order valence-electron chi connectivity index (χ2n) is 14.2. The van der Waals surface area contributed by atoms with Crippen molar-refractivity contribution >= 4 is 21.9 Å². The summed E-state index contributed by atoms with van der Waals surface area (Å²) in [5.74, 6) is 0.714. The van der Waals surface area contributed by atoms with Crippen LogP contribution >= 0.6 is 0 Å². The van der Waals surface area contributed by atoms with E-state index in [1.54, 1.807) is 6.07 Å². The number of fused-ring (bicyclic) bond motifs is 6. The standard InChI is InChI=1S/C48H34N2O2S/c1-28-12-4-7-18-40(28)48(41-19-8-9-21-45(41)53(51)52)42-20-11-17-37(47(42)39-23-22-31(27-43(39)48)44-26-29(2)49-30(3)50-44)34-24-25-38-33-14-6-5-13-32(33)35-15-10-16-36(34)46(35)38/h4-27H,1-3H3,(H,51,52). The minimum atomic E-state index is -2.24. The lowest BCUT2D eigenvalue weighted by molar-refractivity contribution is 0.561. The van der Waals surface area contributed by atoms with E-state index in [-0.39, 0.29) is 0 Å². The lowest BCUT2D eigenvalue weighted by Gasteiger charge is -2.36. The number of rotatable bonds is 5. The van der Waals surface area contributed by atoms with Gasteiger partial charge >= 0.3 is 0 Å². The molecule has 0 spiro atoms. The van der Waals surface area contributed by atoms with Crippen molar-refractivity contribution in [2.75, 3.05) is 0 Å². The van der Waals surface area contributed by atoms with E-state index in [4.69, 9.17) is 4.98 Å². The van der Waals surface area contributed by atoms with Gasteiger partial charge in [-0.25, -0.2) is 14.2 Å². The molecule has 0 amide bonds. The quantitative estimate of drug-likeness (QED) is 0.181. The van der Waals surface area contributed by atoms with Crippen LogP contribution < -0.4 is 0 Å². The zero-order chi connectivity index (χ0) is 36.0. The Hall–Kier alpha value is -6.01. The monoisotopic (exact) mass is 702 g/mol. The topological polar surface area (TPSA) is 63.1 Å². The number of aromatic nitrogens is 2. The molecule has 2 aliphatic rings. The number of hydrogen-bond acceptors (Lipinski definition) is 3. The number of benzene rings is 7. The summed E-state index contributed by atoms with van der Waals surface area (Å²) in [6, 6.07) is 51.3. The Morgan fingerprint density at radius 2 is 1.15 bits per heavy atom. The summed E-state index contributed by atoms with van der Waals surface area (Å²) in [6.07, 6.45) is 0. The first kappa shape index (κ1) is 31.7. The van der Waals surface area contributed by atoms with E-state index < -0.39 is 16.5 Å². The fourth-order valence-corrected chi connectivity index (χ4v) is 9.92. The van der Waals surface area contributed by atoms with Crippen molar-refractivity contribution in [3.63, 3.8) is 0 Å². The van der Waals surface area contributed by atoms with E-state index in [0.29, 0.717) is 10.7 Å². The molecule has 0 bridgehead atoms. The molecule has 0 fully saturated rings. The Balaban J connectivity index is 1.35. The summed E-state index contributed by atoms with van der Waals surface area (Å²) in [5, 5.41) is 2.48. The van der Waals surface area contributed by atoms with Gasteiger partial charge in [0.2, 0.25) is 0 Å². The molecule has 1 aromatic heterocycles. The lowest BCUT2D eigenvalue weighted by atomic mass is 9.66. The van der Waals surface area contributed by atoms with E-state index in [1.807, 2.05) is 38.1 Å². The summed E-state index contributed by atoms with van der Waals surface area (Å²) < 4.78 is 24.2. The fraction of sp³-hybridized carbons (Fsp3) is 0.0833. The van der Waals surface area contributed by atoms with Gasteiger partial charge in [0, 0.05) is 11.3 Å². The first-order valence-corrected chi connectivity index (χ1v) is 19.0. The third-order valence-electron chi connectivity index (χ3n) is 11.3. The van der Waals surface area contributed by atoms with Gasteiger partial charge in [-0.3, -0.25) is 0 Å². The minimum Gasteiger partial charge on any atom is -0.302 e. The summed E-state index contributed by atoms with van der Waals surface area (Å²) in [6.45, 7) is 6.06. The van der Waals surface area contributed by atoms with Crippen LogP contribution in [0.1, 0.15) is 39.3 Å². The Bertz CT molecular complexity index is 2830. The molecule has 0 radical (unpaired) electrons. The molecule has 254 valence electrons. The van der Waals surface area contributed by atoms with E-state index in [9.17, 15) is 8.76 Å². The van der Waals surface area contributed by atoms with Crippen molar-refractivity contribution in [2.24, 2.45) is 0 Å². The Kier molecular flexibility index (Phi) is 7.03. The molecule has 2 aliphatic carbocycles. The Morgan fingerprint density at radius 3 is 1.92 bits per heavy atom. The molecule has 53 heavy (non-hydrogen) atoms. The number of aryl methyl sites for hydroxylation is 3. The molecule has 2 atom stereocenters. The third-order valence-corrected chi connectivity index (χ3v) is 12.0. The molecule has 1 heterocycles. The molecular weight excluding hydrogens is 669 g/mol. The highest BCUT2D eigenvalue weighted by Crippen LogP contribution is 2.61. The smallest absolute Gasteiger partial charge is 0.186 e. The molecule has 2 unspecified atom stereocenters. The maximum Gasteiger partial charge on any atom is 0.186 e. The first-order chi connectivity index (χ1) is 25.9. The fourth-order valence-electron chi connectivity index (χ4n) is 9.31. The van der Waals surface area contributed by atoms with Gasteiger partial charge in [-0.15, -0.1) is 0 Å². The van der Waals surface area contributed by atoms with E-state index >= 15 is 0 Å². The van der Waals surface area contributed by atoms with Crippen LogP contribution in [0.3, 0.4) is 0 Å². The zero-order valence-electron chi connectivity index (χ0n) is 29.5. The van der Waals surface area contributed by atoms with Crippen LogP contribution in [-0.4, -0.2) is 18.7 Å². The molecular formula is C48H34N2O2S. The van der Waals surface area contributed by atoms with E-state index in [1.165, 1.54) is 33.0 Å². The average Bonchev–Trinajstić information content (AvgIpc) is 3.66. The van der Waals surface area contributed by atoms with Gasteiger partial charge in [-0.2, -0.15) is 0 Å². The van der Waals surface area contributed by atoms with Crippen molar-refractivity contribution in [3.05, 3.63) is 185 Å². The minimum absolute atomic E-state index is 0.391. The lowest BCUT2D eigenvalue weighted by Crippen LogP contribution is -2.31. The molecule has 4 nitrogen and oxygen atoms in total. The third kappa shape index (κ3) is 4.48. The summed E-state index contributed by atoms with van der Waals surface area (Å²) in [5.41, 5.74) is 16.4. The summed E-state index contributed by atoms with van der Waals surface area (Å²) in [7, 11) is 0. The second-order valence-corrected chi connectivity index (χ2v) is 15.1. The molecule has 5 heteroatoms. The molecule has 10 rings (SSSR count). The Labute approximate surface area is 311 Å². The summed E-state index contributed by atoms with van der Waals surface area (Å²) >= 11 is -2.24. The number of nitrogens with zero attached hydrogens (tertiary/aromatic N) is 2. The summed E-state index contributed by atoms with van der Waals surface area (Å²) in [4.78, 5) is 9.82. The SMILES string of the molecule is Cc1cc(-c2ccc3c(c2)C(c2ccccc2C)(c2ccccc2S(=O)O)c2cccc(-c4ccc5c6c(cccc46)-c4ccccc4-5)c2-3)nc(C)n1. The van der Waals surface area contributed by atoms with Crippen molar-refractivity contribution in [1.82, 2.24) is 9.97 Å². The van der Waals surface area contributed by atoms with E-state index in [2.05, 4.69) is 127 Å². The molecule has 0 aliphatic heterocycles. The van der Waals surface area contributed by atoms with Gasteiger partial charge in [0.25, 0.3) is 0 Å². The molecule has 0 saturated heterocycles. The normalized spacial score (nSPS) is 15.6. The van der Waals surface area contributed by atoms with Gasteiger partial charge in [-0.05, 0) is 122 Å². The zero-order valence-corrected chi connectivity index (χ0v) is 30.3. The largest absolute Gasteiger partial charge is 0.302 e. The van der Waals surface area contributed by atoms with E-state index in [0.717, 1.165) is 67.0 Å². The van der Waals surface area contributed by atoms with Crippen LogP contribution in [0.15, 0.2) is 150 Å². The van der Waals surface area contributed by atoms with Crippen LogP contribution in [0.2, 0.25) is 0 Å². The van der Waals surface area contributed by atoms with Crippen LogP contribution in [-0.2, 0) is 16.5 Å². The van der Waals surface area contributed by atoms with Crippen molar-refractivity contribution in [3.8, 4) is 55.8 Å². The van der Waals surface area contributed by atoms with Gasteiger partial charge in [-0.1, -0.05) is 127 Å². The molecule has 1 N–H and O–H groups in total. The van der Waals surface area contributed by atoms with Crippen molar-refractivity contribution in [1.29, 1.82) is 0 Å². The molecule has 7 aromatic carbocycles. The maximum atomic E-state index is 13.3. The Morgan fingerprint density at radius 1 is 0.528 bits per heavy atom. The maximum absolute atomic E-state index is 13.3. The predicted molar refractivity (Wildman–Crippen MR) is 215 cm³/mol. The predicted octanol–water partition coefficient (Wildman–Crippen LogP) is 11.5. The molecule has 0 saturated carbocycles. The van der Waals surface area contributed by atoms with Gasteiger partial charge in [0.15, 0.2) is 11.1 Å². The van der Waals surface area contributed by atoms with Crippen LogP contribution in [0.5, 0.6) is 0 Å². The average molecular weight is 703 g/mol. The highest BCUT2D eigenvalue weighted by Gasteiger charge is 2.49. The van der Waals surface area contributed by atoms with Crippen LogP contribution in [0.4, 0.5) is 0 Å². The van der Waals surface area contributed by atoms with Crippen molar-refractivity contribution < 1.29 is 8.76 Å². The van der Waals surface area contributed by atoms with Gasteiger partial charge in [0.1, 0.15) is 5.82 Å². The molecule has 8 aromatic rings. The van der Waals surface area contributed by atoms with Crippen molar-refractivity contribution in [2.45, 2.75) is 31.1 Å². The number of hydrogen-bond donors (Lipinski definition) is 1. The first-order valence-electron chi connectivity index (χ1n) is 17.9. The van der Waals surface area contributed by atoms with Crippen LogP contribution in [0, 0.1) is 20.8 Å². The highest BCUT2D eigenvalue weighted by molar-refractivity contribution is 7.79. The van der Waals surface area contributed by atoms with Gasteiger partial charge < -0.3 is 4.55 Å². The van der Waals surface area contributed by atoms with Crippen LogP contribution in [0.25, 0.3) is 66.5 Å². The van der Waals surface area contributed by atoms with Gasteiger partial charge in [0.05, 0.1) is 16.0 Å².